The van der Waals surface area contributed by atoms with Crippen LogP contribution in [-0.4, -0.2) is 9.97 Å². The molecule has 1 aromatic heterocycles. The number of rotatable bonds is 1. The Morgan fingerprint density at radius 2 is 1.70 bits per heavy atom. The third kappa shape index (κ3) is 2.51. The van der Waals surface area contributed by atoms with E-state index in [0.29, 0.717) is 18.2 Å². The molecule has 0 unspecified atom stereocenters. The van der Waals surface area contributed by atoms with Crippen molar-refractivity contribution in [2.24, 2.45) is 0 Å². The topological polar surface area (TPSA) is 45.8 Å². The predicted molar refractivity (Wildman–Crippen MR) is 55.2 cm³/mol. The lowest BCUT2D eigenvalue weighted by Gasteiger charge is -2.08. The Labute approximate surface area is 106 Å². The molecule has 0 aliphatic heterocycles. The van der Waals surface area contributed by atoms with Crippen LogP contribution in [0.4, 0.5) is 26.3 Å². The van der Waals surface area contributed by atoms with Crippen LogP contribution in [0.1, 0.15) is 5.82 Å². The maximum Gasteiger partial charge on any atom is 0.449 e. The fraction of sp³-hybridized carbons (Fsp3) is 0.0909. The van der Waals surface area contributed by atoms with Crippen LogP contribution in [0.2, 0.25) is 0 Å². The molecule has 1 heterocycles. The third-order valence-corrected chi connectivity index (χ3v) is 2.32. The lowest BCUT2D eigenvalue weighted by atomic mass is 10.1. The SMILES string of the molecule is O=c1cc(-c2ccc(F)c(F)c2F)nc(C(F)(F)F)[nH]1. The zero-order chi connectivity index (χ0) is 15.1. The molecule has 0 fully saturated rings. The van der Waals surface area contributed by atoms with Gasteiger partial charge in [0, 0.05) is 11.6 Å². The van der Waals surface area contributed by atoms with Gasteiger partial charge in [-0.15, -0.1) is 0 Å². The zero-order valence-corrected chi connectivity index (χ0v) is 9.36. The van der Waals surface area contributed by atoms with Crippen molar-refractivity contribution in [2.75, 3.05) is 0 Å². The van der Waals surface area contributed by atoms with Gasteiger partial charge in [-0.1, -0.05) is 0 Å². The molecule has 1 aromatic carbocycles. The van der Waals surface area contributed by atoms with E-state index in [1.165, 1.54) is 4.98 Å². The number of alkyl halides is 3. The van der Waals surface area contributed by atoms with Gasteiger partial charge < -0.3 is 4.98 Å². The van der Waals surface area contributed by atoms with Gasteiger partial charge in [0.15, 0.2) is 17.5 Å². The summed E-state index contributed by atoms with van der Waals surface area (Å²) in [4.78, 5) is 15.5. The Bertz CT molecular complexity index is 722. The number of H-pyrrole nitrogens is 1. The molecule has 0 saturated carbocycles. The van der Waals surface area contributed by atoms with Gasteiger partial charge in [0.1, 0.15) is 0 Å². The average molecular weight is 294 g/mol. The van der Waals surface area contributed by atoms with E-state index in [4.69, 9.17) is 0 Å². The monoisotopic (exact) mass is 294 g/mol. The summed E-state index contributed by atoms with van der Waals surface area (Å²) >= 11 is 0. The molecule has 20 heavy (non-hydrogen) atoms. The van der Waals surface area contributed by atoms with Crippen molar-refractivity contribution < 1.29 is 26.3 Å². The fourth-order valence-electron chi connectivity index (χ4n) is 1.45. The summed E-state index contributed by atoms with van der Waals surface area (Å²) in [5, 5.41) is 0. The van der Waals surface area contributed by atoms with Crippen molar-refractivity contribution in [3.8, 4) is 11.3 Å². The third-order valence-electron chi connectivity index (χ3n) is 2.32. The molecule has 0 aliphatic carbocycles. The number of aromatic amines is 1. The molecule has 0 atom stereocenters. The molecule has 0 aliphatic rings. The summed E-state index contributed by atoms with van der Waals surface area (Å²) in [5.41, 5.74) is -2.70. The molecular weight excluding hydrogens is 290 g/mol. The lowest BCUT2D eigenvalue weighted by molar-refractivity contribution is -0.145. The van der Waals surface area contributed by atoms with Crippen molar-refractivity contribution in [1.82, 2.24) is 9.97 Å². The van der Waals surface area contributed by atoms with Gasteiger partial charge >= 0.3 is 6.18 Å². The van der Waals surface area contributed by atoms with E-state index >= 15 is 0 Å². The second-order valence-corrected chi connectivity index (χ2v) is 3.70. The van der Waals surface area contributed by atoms with Crippen molar-refractivity contribution in [3.05, 3.63) is 51.8 Å². The molecule has 1 N–H and O–H groups in total. The highest BCUT2D eigenvalue weighted by Gasteiger charge is 2.34. The number of hydrogen-bond donors (Lipinski definition) is 1. The minimum absolute atomic E-state index is 0.518. The summed E-state index contributed by atoms with van der Waals surface area (Å²) in [5.74, 6) is -6.76. The van der Waals surface area contributed by atoms with Gasteiger partial charge in [0.05, 0.1) is 5.69 Å². The van der Waals surface area contributed by atoms with E-state index in [2.05, 4.69) is 4.98 Å². The van der Waals surface area contributed by atoms with Gasteiger partial charge in [0.25, 0.3) is 5.56 Å². The molecule has 0 spiro atoms. The van der Waals surface area contributed by atoms with Crippen LogP contribution >= 0.6 is 0 Å². The largest absolute Gasteiger partial charge is 0.449 e. The van der Waals surface area contributed by atoms with Crippen LogP contribution in [0.15, 0.2) is 23.0 Å². The van der Waals surface area contributed by atoms with Gasteiger partial charge in [-0.25, -0.2) is 18.2 Å². The number of hydrogen-bond acceptors (Lipinski definition) is 2. The number of nitrogens with zero attached hydrogens (tertiary/aromatic N) is 1. The highest BCUT2D eigenvalue weighted by Crippen LogP contribution is 2.28. The highest BCUT2D eigenvalue weighted by atomic mass is 19.4. The first-order valence-corrected chi connectivity index (χ1v) is 5.02. The zero-order valence-electron chi connectivity index (χ0n) is 9.36. The Hall–Kier alpha value is -2.32. The summed E-state index contributed by atoms with van der Waals surface area (Å²) in [6.45, 7) is 0. The van der Waals surface area contributed by atoms with Crippen molar-refractivity contribution in [3.63, 3.8) is 0 Å². The summed E-state index contributed by atoms with van der Waals surface area (Å²) < 4.78 is 76.6. The quantitative estimate of drug-likeness (QED) is 0.649. The van der Waals surface area contributed by atoms with E-state index in [1.807, 2.05) is 0 Å². The standard InChI is InChI=1S/C11H4F6N2O/c12-5-2-1-4(8(13)9(5)14)6-3-7(20)19-10(18-6)11(15,16)17/h1-3H,(H,18,19,20). The molecule has 0 saturated heterocycles. The maximum atomic E-state index is 13.5. The Morgan fingerprint density at radius 3 is 2.30 bits per heavy atom. The van der Waals surface area contributed by atoms with Gasteiger partial charge in [-0.05, 0) is 12.1 Å². The summed E-state index contributed by atoms with van der Waals surface area (Å²) in [6, 6.07) is 1.75. The van der Waals surface area contributed by atoms with E-state index in [-0.39, 0.29) is 0 Å². The van der Waals surface area contributed by atoms with E-state index < -0.39 is 46.3 Å². The van der Waals surface area contributed by atoms with Crippen LogP contribution < -0.4 is 5.56 Å². The second-order valence-electron chi connectivity index (χ2n) is 3.70. The van der Waals surface area contributed by atoms with Crippen LogP contribution in [0.5, 0.6) is 0 Å². The molecule has 2 aromatic rings. The molecule has 9 heteroatoms. The first-order chi connectivity index (χ1) is 9.20. The van der Waals surface area contributed by atoms with E-state index in [0.717, 1.165) is 0 Å². The number of aromatic nitrogens is 2. The van der Waals surface area contributed by atoms with Gasteiger partial charge in [0.2, 0.25) is 5.82 Å². The van der Waals surface area contributed by atoms with Crippen LogP contribution in [-0.2, 0) is 6.18 Å². The number of nitrogens with one attached hydrogen (secondary N) is 1. The molecule has 0 radical (unpaired) electrons. The molecular formula is C11H4F6N2O. The Morgan fingerprint density at radius 1 is 1.05 bits per heavy atom. The normalized spacial score (nSPS) is 11.7. The van der Waals surface area contributed by atoms with E-state index in [1.54, 1.807) is 0 Å². The molecule has 0 bridgehead atoms. The van der Waals surface area contributed by atoms with Gasteiger partial charge in [-0.3, -0.25) is 4.79 Å². The minimum atomic E-state index is -4.97. The molecule has 2 rings (SSSR count). The fourth-order valence-corrected chi connectivity index (χ4v) is 1.45. The van der Waals surface area contributed by atoms with Crippen LogP contribution in [0.3, 0.4) is 0 Å². The van der Waals surface area contributed by atoms with Crippen LogP contribution in [0, 0.1) is 17.5 Å². The highest BCUT2D eigenvalue weighted by molar-refractivity contribution is 5.59. The lowest BCUT2D eigenvalue weighted by Crippen LogP contribution is -2.19. The average Bonchev–Trinajstić information content (AvgIpc) is 2.34. The maximum absolute atomic E-state index is 13.5. The minimum Gasteiger partial charge on any atom is -0.303 e. The van der Waals surface area contributed by atoms with Crippen molar-refractivity contribution in [2.45, 2.75) is 6.18 Å². The second kappa shape index (κ2) is 4.66. The van der Waals surface area contributed by atoms with Crippen molar-refractivity contribution >= 4 is 0 Å². The summed E-state index contributed by atoms with van der Waals surface area (Å²) in [6.07, 6.45) is -4.97. The molecule has 0 amide bonds. The van der Waals surface area contributed by atoms with Crippen molar-refractivity contribution in [1.29, 1.82) is 0 Å². The first kappa shape index (κ1) is 14.1. The first-order valence-electron chi connectivity index (χ1n) is 5.02. The Balaban J connectivity index is 2.68. The smallest absolute Gasteiger partial charge is 0.303 e. The van der Waals surface area contributed by atoms with E-state index in [9.17, 15) is 31.1 Å². The van der Waals surface area contributed by atoms with Gasteiger partial charge in [-0.2, -0.15) is 13.2 Å². The molecule has 3 nitrogen and oxygen atoms in total. The number of halogens is 6. The van der Waals surface area contributed by atoms with Crippen LogP contribution in [0.25, 0.3) is 11.3 Å². The predicted octanol–water partition coefficient (Wildman–Crippen LogP) is 2.87. The molecule has 106 valence electrons. The number of benzene rings is 1. The summed E-state index contributed by atoms with van der Waals surface area (Å²) in [7, 11) is 0. The Kier molecular flexibility index (Phi) is 3.28.